The van der Waals surface area contributed by atoms with Gasteiger partial charge in [0.25, 0.3) is 0 Å². The smallest absolute Gasteiger partial charge is 0.311 e. The first-order chi connectivity index (χ1) is 16.8. The highest BCUT2D eigenvalue weighted by molar-refractivity contribution is 5.75. The Labute approximate surface area is 210 Å². The molecule has 192 valence electrons. The highest BCUT2D eigenvalue weighted by atomic mass is 16.5. The average molecular weight is 485 g/mol. The number of carbonyl (C=O) groups excluding carboxylic acids is 2. The van der Waals surface area contributed by atoms with Gasteiger partial charge in [0, 0.05) is 0 Å². The van der Waals surface area contributed by atoms with E-state index < -0.39 is 5.41 Å². The normalized spacial score (nSPS) is 10.9. The molecule has 0 spiro atoms. The molecule has 35 heavy (non-hydrogen) atoms. The van der Waals surface area contributed by atoms with Gasteiger partial charge in [0.2, 0.25) is 0 Å². The molecule has 0 aliphatic carbocycles. The average Bonchev–Trinajstić information content (AvgIpc) is 2.86. The summed E-state index contributed by atoms with van der Waals surface area (Å²) in [4.78, 5) is 23.2. The van der Waals surface area contributed by atoms with Crippen LogP contribution in [0.5, 0.6) is 0 Å². The van der Waals surface area contributed by atoms with E-state index in [2.05, 4.69) is 0 Å². The minimum atomic E-state index is -0.576. The summed E-state index contributed by atoms with van der Waals surface area (Å²) in [6, 6.07) is 19.3. The fourth-order valence-electron chi connectivity index (χ4n) is 2.56. The van der Waals surface area contributed by atoms with Crippen LogP contribution in [0.2, 0.25) is 0 Å². The van der Waals surface area contributed by atoms with Crippen molar-refractivity contribution in [2.24, 2.45) is 11.3 Å². The van der Waals surface area contributed by atoms with Crippen LogP contribution in [-0.4, -0.2) is 25.2 Å². The van der Waals surface area contributed by atoms with Crippen molar-refractivity contribution in [1.82, 2.24) is 0 Å². The van der Waals surface area contributed by atoms with Crippen molar-refractivity contribution in [1.29, 1.82) is 0 Å². The molecule has 2 aromatic carbocycles. The molecule has 0 radical (unpaired) electrons. The third-order valence-corrected chi connectivity index (χ3v) is 4.88. The number of hydrogen-bond donors (Lipinski definition) is 0. The van der Waals surface area contributed by atoms with Crippen molar-refractivity contribution in [3.05, 3.63) is 84.3 Å². The topological polar surface area (TPSA) is 71.1 Å². The second kappa shape index (κ2) is 17.2. The Balaban J connectivity index is 0.000000400. The summed E-state index contributed by atoms with van der Waals surface area (Å²) in [5.41, 5.74) is 1.43. The number of hydrogen-bond acceptors (Lipinski definition) is 6. The van der Waals surface area contributed by atoms with E-state index in [1.165, 1.54) is 12.5 Å². The minimum absolute atomic E-state index is 0.0521. The predicted octanol–water partition coefficient (Wildman–Crippen LogP) is 6.45. The minimum Gasteiger partial charge on any atom is -0.498 e. The summed E-state index contributed by atoms with van der Waals surface area (Å²) in [5.74, 6) is -0.418. The molecular weight excluding hydrogens is 444 g/mol. The molecule has 0 fully saturated rings. The zero-order valence-corrected chi connectivity index (χ0v) is 21.7. The van der Waals surface area contributed by atoms with E-state index in [0.29, 0.717) is 32.8 Å². The summed E-state index contributed by atoms with van der Waals surface area (Å²) < 4.78 is 20.9. The van der Waals surface area contributed by atoms with Crippen molar-refractivity contribution < 1.29 is 28.5 Å². The Hall–Kier alpha value is -3.28. The molecule has 0 saturated carbocycles. The first-order valence-electron chi connectivity index (χ1n) is 12.1. The highest BCUT2D eigenvalue weighted by Crippen LogP contribution is 2.23. The molecule has 0 N–H and O–H groups in total. The Kier molecular flexibility index (Phi) is 14.6. The maximum absolute atomic E-state index is 12.1. The first-order valence-corrected chi connectivity index (χ1v) is 12.1. The van der Waals surface area contributed by atoms with Crippen LogP contribution in [-0.2, 0) is 41.8 Å². The van der Waals surface area contributed by atoms with Crippen LogP contribution in [0.3, 0.4) is 0 Å². The van der Waals surface area contributed by atoms with Crippen LogP contribution >= 0.6 is 0 Å². The predicted molar refractivity (Wildman–Crippen MR) is 137 cm³/mol. The Bertz CT molecular complexity index is 859. The van der Waals surface area contributed by atoms with E-state index in [4.69, 9.17) is 18.9 Å². The summed E-state index contributed by atoms with van der Waals surface area (Å²) in [7, 11) is 0. The number of benzene rings is 2. The molecule has 0 aromatic heterocycles. The van der Waals surface area contributed by atoms with Gasteiger partial charge in [-0.1, -0.05) is 81.4 Å². The maximum Gasteiger partial charge on any atom is 0.311 e. The lowest BCUT2D eigenvalue weighted by molar-refractivity contribution is -0.156. The van der Waals surface area contributed by atoms with E-state index in [0.717, 1.165) is 17.5 Å². The maximum atomic E-state index is 12.1. The molecule has 0 bridgehead atoms. The van der Waals surface area contributed by atoms with Crippen LogP contribution < -0.4 is 0 Å². The SMILES string of the molecule is CC(C)C(=O)OCc1ccccc1.CCCO/C=C/OCCC(C)(C)C(=O)OCc1ccccc1. The van der Waals surface area contributed by atoms with Crippen molar-refractivity contribution >= 4 is 11.9 Å². The van der Waals surface area contributed by atoms with Crippen molar-refractivity contribution in [2.75, 3.05) is 13.2 Å². The third kappa shape index (κ3) is 13.9. The lowest BCUT2D eigenvalue weighted by Crippen LogP contribution is -2.27. The zero-order chi connectivity index (χ0) is 25.9. The Morgan fingerprint density at radius 2 is 1.29 bits per heavy atom. The summed E-state index contributed by atoms with van der Waals surface area (Å²) in [6.45, 7) is 11.2. The molecule has 0 aliphatic rings. The monoisotopic (exact) mass is 484 g/mol. The second-order valence-corrected chi connectivity index (χ2v) is 8.96. The number of rotatable bonds is 13. The molecule has 2 aromatic rings. The lowest BCUT2D eigenvalue weighted by Gasteiger charge is -2.22. The lowest BCUT2D eigenvalue weighted by atomic mass is 9.90. The molecule has 0 amide bonds. The molecule has 6 nitrogen and oxygen atoms in total. The Morgan fingerprint density at radius 1 is 0.800 bits per heavy atom. The number of esters is 2. The van der Waals surface area contributed by atoms with Crippen molar-refractivity contribution in [2.45, 2.75) is 60.7 Å². The van der Waals surface area contributed by atoms with Gasteiger partial charge < -0.3 is 18.9 Å². The molecule has 0 atom stereocenters. The van der Waals surface area contributed by atoms with E-state index in [1.807, 2.05) is 95.3 Å². The highest BCUT2D eigenvalue weighted by Gasteiger charge is 2.29. The fourth-order valence-corrected chi connectivity index (χ4v) is 2.56. The van der Waals surface area contributed by atoms with Crippen LogP contribution in [0, 0.1) is 11.3 Å². The molecule has 0 aliphatic heterocycles. The second-order valence-electron chi connectivity index (χ2n) is 8.96. The van der Waals surface area contributed by atoms with Gasteiger partial charge in [0.15, 0.2) is 0 Å². The van der Waals surface area contributed by atoms with Gasteiger partial charge in [-0.15, -0.1) is 0 Å². The van der Waals surface area contributed by atoms with Crippen molar-refractivity contribution in [3.8, 4) is 0 Å². The number of ether oxygens (including phenoxy) is 4. The van der Waals surface area contributed by atoms with E-state index in [1.54, 1.807) is 0 Å². The van der Waals surface area contributed by atoms with Crippen molar-refractivity contribution in [3.63, 3.8) is 0 Å². The standard InChI is InChI=1S/C18H26O4.C11H14O2/c1-4-11-20-13-14-21-12-10-18(2,3)17(19)22-15-16-8-6-5-7-9-16;1-9(2)11(12)13-8-10-6-4-3-5-7-10/h5-9,13-14H,4,10-12,15H2,1-3H3;3-7,9H,8H2,1-2H3/b14-13+;. The molecular formula is C29H40O6. The summed E-state index contributed by atoms with van der Waals surface area (Å²) >= 11 is 0. The van der Waals surface area contributed by atoms with Crippen LogP contribution in [0.25, 0.3) is 0 Å². The van der Waals surface area contributed by atoms with Gasteiger partial charge in [-0.2, -0.15) is 0 Å². The van der Waals surface area contributed by atoms with E-state index >= 15 is 0 Å². The third-order valence-electron chi connectivity index (χ3n) is 4.88. The largest absolute Gasteiger partial charge is 0.498 e. The van der Waals surface area contributed by atoms with Crippen LogP contribution in [0.4, 0.5) is 0 Å². The van der Waals surface area contributed by atoms with Gasteiger partial charge >= 0.3 is 11.9 Å². The van der Waals surface area contributed by atoms with E-state index in [-0.39, 0.29) is 17.9 Å². The van der Waals surface area contributed by atoms with Crippen LogP contribution in [0.15, 0.2) is 73.2 Å². The fraction of sp³-hybridized carbons (Fsp3) is 0.448. The molecule has 0 unspecified atom stereocenters. The van der Waals surface area contributed by atoms with Gasteiger partial charge in [-0.25, -0.2) is 0 Å². The van der Waals surface area contributed by atoms with Gasteiger partial charge in [-0.05, 0) is 37.8 Å². The zero-order valence-electron chi connectivity index (χ0n) is 21.7. The molecule has 2 rings (SSSR count). The van der Waals surface area contributed by atoms with Crippen LogP contribution in [0.1, 0.15) is 58.6 Å². The van der Waals surface area contributed by atoms with E-state index in [9.17, 15) is 9.59 Å². The number of carbonyl (C=O) groups is 2. The Morgan fingerprint density at radius 3 is 1.77 bits per heavy atom. The molecule has 0 heterocycles. The quantitative estimate of drug-likeness (QED) is 0.185. The molecule has 0 saturated heterocycles. The van der Waals surface area contributed by atoms with Gasteiger partial charge in [-0.3, -0.25) is 9.59 Å². The summed E-state index contributed by atoms with van der Waals surface area (Å²) in [5, 5.41) is 0. The molecule has 6 heteroatoms. The summed E-state index contributed by atoms with van der Waals surface area (Å²) in [6.07, 6.45) is 4.59. The van der Waals surface area contributed by atoms with Gasteiger partial charge in [0.1, 0.15) is 25.7 Å². The van der Waals surface area contributed by atoms with Gasteiger partial charge in [0.05, 0.1) is 24.5 Å². The first kappa shape index (κ1) is 29.8.